The van der Waals surface area contributed by atoms with Crippen molar-refractivity contribution in [3.8, 4) is 17.1 Å². The molecule has 7 heteroatoms. The number of aromatic nitrogens is 2. The first kappa shape index (κ1) is 15.9. The fraction of sp³-hybridized carbons (Fsp3) is 0.118. The predicted molar refractivity (Wildman–Crippen MR) is 96.4 cm³/mol. The van der Waals surface area contributed by atoms with Gasteiger partial charge in [-0.3, -0.25) is 10.3 Å². The van der Waals surface area contributed by atoms with Crippen LogP contribution in [0.25, 0.3) is 11.4 Å². The molecule has 0 saturated carbocycles. The van der Waals surface area contributed by atoms with Gasteiger partial charge >= 0.3 is 0 Å². The summed E-state index contributed by atoms with van der Waals surface area (Å²) in [5, 5.41) is 8.46. The van der Waals surface area contributed by atoms with Crippen LogP contribution in [-0.4, -0.2) is 22.4 Å². The van der Waals surface area contributed by atoms with E-state index in [-0.39, 0.29) is 5.96 Å². The monoisotopic (exact) mass is 339 g/mol. The second-order valence-electron chi connectivity index (χ2n) is 5.05. The minimum Gasteiger partial charge on any atom is -0.496 e. The highest BCUT2D eigenvalue weighted by Gasteiger charge is 2.18. The van der Waals surface area contributed by atoms with Crippen molar-refractivity contribution in [3.05, 3.63) is 60.2 Å². The molecule has 3 aromatic rings. The first-order chi connectivity index (χ1) is 11.7. The van der Waals surface area contributed by atoms with Gasteiger partial charge in [0.1, 0.15) is 5.75 Å². The summed E-state index contributed by atoms with van der Waals surface area (Å²) in [6, 6.07) is 17.4. The smallest absolute Gasteiger partial charge is 0.212 e. The Balaban J connectivity index is 1.89. The minimum atomic E-state index is -0.0864. The lowest BCUT2D eigenvalue weighted by Gasteiger charge is -2.20. The summed E-state index contributed by atoms with van der Waals surface area (Å²) in [6.07, 6.45) is 0. The second kappa shape index (κ2) is 7.10. The molecular formula is C17H17N5OS. The molecule has 6 nitrogen and oxygen atoms in total. The molecule has 122 valence electrons. The summed E-state index contributed by atoms with van der Waals surface area (Å²) in [7, 11) is 1.62. The van der Waals surface area contributed by atoms with Crippen LogP contribution in [0.2, 0.25) is 0 Å². The fourth-order valence-electron chi connectivity index (χ4n) is 2.29. The third-order valence-electron chi connectivity index (χ3n) is 3.49. The molecule has 0 fully saturated rings. The quantitative estimate of drug-likeness (QED) is 0.551. The van der Waals surface area contributed by atoms with E-state index >= 15 is 0 Å². The zero-order valence-electron chi connectivity index (χ0n) is 13.1. The van der Waals surface area contributed by atoms with Crippen molar-refractivity contribution >= 4 is 22.6 Å². The Morgan fingerprint density at radius 3 is 2.58 bits per heavy atom. The maximum atomic E-state index is 7.88. The zero-order valence-corrected chi connectivity index (χ0v) is 14.0. The van der Waals surface area contributed by atoms with Crippen molar-refractivity contribution in [2.45, 2.75) is 6.54 Å². The van der Waals surface area contributed by atoms with Gasteiger partial charge in [0, 0.05) is 22.7 Å². The molecule has 0 amide bonds. The van der Waals surface area contributed by atoms with E-state index in [1.165, 1.54) is 11.5 Å². The average molecular weight is 339 g/mol. The maximum Gasteiger partial charge on any atom is 0.212 e. The number of hydrogen-bond donors (Lipinski definition) is 2. The van der Waals surface area contributed by atoms with Gasteiger partial charge in [0.05, 0.1) is 13.7 Å². The second-order valence-corrected chi connectivity index (χ2v) is 5.78. The lowest BCUT2D eigenvalue weighted by molar-refractivity contribution is 0.410. The summed E-state index contributed by atoms with van der Waals surface area (Å²) in [5.74, 6) is 1.29. The molecule has 0 saturated heterocycles. The number of para-hydroxylation sites is 1. The van der Waals surface area contributed by atoms with Gasteiger partial charge in [0.2, 0.25) is 5.13 Å². The molecule has 1 aromatic heterocycles. The van der Waals surface area contributed by atoms with Gasteiger partial charge in [-0.05, 0) is 6.07 Å². The molecule has 0 spiro atoms. The van der Waals surface area contributed by atoms with Crippen molar-refractivity contribution in [2.75, 3.05) is 12.0 Å². The SMILES string of the molecule is COc1ccccc1CN(C(=N)N)c1nc(-c2ccccc2)ns1. The third kappa shape index (κ3) is 3.36. The number of hydrogen-bond acceptors (Lipinski definition) is 5. The van der Waals surface area contributed by atoms with Crippen LogP contribution in [0.5, 0.6) is 5.75 Å². The number of methoxy groups -OCH3 is 1. The van der Waals surface area contributed by atoms with E-state index in [0.717, 1.165) is 16.9 Å². The van der Waals surface area contributed by atoms with E-state index in [4.69, 9.17) is 15.9 Å². The maximum absolute atomic E-state index is 7.88. The van der Waals surface area contributed by atoms with Crippen molar-refractivity contribution in [3.63, 3.8) is 0 Å². The Bertz CT molecular complexity index is 834. The van der Waals surface area contributed by atoms with Crippen LogP contribution in [-0.2, 0) is 6.54 Å². The number of anilines is 1. The highest BCUT2D eigenvalue weighted by molar-refractivity contribution is 7.10. The number of nitrogens with one attached hydrogen (secondary N) is 1. The molecule has 1 heterocycles. The standard InChI is InChI=1S/C17H17N5OS/c1-23-14-10-6-5-9-13(14)11-22(16(18)19)17-20-15(21-24-17)12-7-3-2-4-8-12/h2-10H,11H2,1H3,(H3,18,19). The highest BCUT2D eigenvalue weighted by atomic mass is 32.1. The summed E-state index contributed by atoms with van der Waals surface area (Å²) in [6.45, 7) is 0.392. The molecule has 0 atom stereocenters. The molecule has 0 aliphatic heterocycles. The van der Waals surface area contributed by atoms with Crippen molar-refractivity contribution in [1.82, 2.24) is 9.36 Å². The number of nitrogens with two attached hydrogens (primary N) is 1. The molecule has 0 aliphatic rings. The van der Waals surface area contributed by atoms with Gasteiger partial charge in [-0.1, -0.05) is 48.5 Å². The Hall–Kier alpha value is -2.93. The molecule has 0 aliphatic carbocycles. The van der Waals surface area contributed by atoms with Crippen LogP contribution in [0.4, 0.5) is 5.13 Å². The molecular weight excluding hydrogens is 322 g/mol. The van der Waals surface area contributed by atoms with Crippen molar-refractivity contribution in [1.29, 1.82) is 5.41 Å². The molecule has 24 heavy (non-hydrogen) atoms. The number of ether oxygens (including phenoxy) is 1. The van der Waals surface area contributed by atoms with Gasteiger partial charge in [0.25, 0.3) is 0 Å². The lowest BCUT2D eigenvalue weighted by atomic mass is 10.2. The van der Waals surface area contributed by atoms with Gasteiger partial charge in [-0.25, -0.2) is 0 Å². The Kier molecular flexibility index (Phi) is 4.72. The van der Waals surface area contributed by atoms with E-state index in [2.05, 4.69) is 9.36 Å². The van der Waals surface area contributed by atoms with Gasteiger partial charge in [-0.15, -0.1) is 0 Å². The van der Waals surface area contributed by atoms with Crippen molar-refractivity contribution in [2.24, 2.45) is 5.73 Å². The summed E-state index contributed by atoms with van der Waals surface area (Å²) in [4.78, 5) is 6.14. The first-order valence-electron chi connectivity index (χ1n) is 7.31. The molecule has 2 aromatic carbocycles. The molecule has 0 radical (unpaired) electrons. The normalized spacial score (nSPS) is 10.4. The van der Waals surface area contributed by atoms with Gasteiger partial charge in [-0.2, -0.15) is 9.36 Å². The molecule has 0 bridgehead atoms. The largest absolute Gasteiger partial charge is 0.496 e. The molecule has 3 N–H and O–H groups in total. The molecule has 3 rings (SSSR count). The van der Waals surface area contributed by atoms with Gasteiger partial charge < -0.3 is 10.5 Å². The Morgan fingerprint density at radius 2 is 1.88 bits per heavy atom. The predicted octanol–water partition coefficient (Wildman–Crippen LogP) is 3.11. The fourth-order valence-corrected chi connectivity index (χ4v) is 2.99. The Labute approximate surface area is 144 Å². The number of guanidine groups is 1. The van der Waals surface area contributed by atoms with E-state index in [9.17, 15) is 0 Å². The molecule has 0 unspecified atom stereocenters. The van der Waals surface area contributed by atoms with Crippen LogP contribution in [0.3, 0.4) is 0 Å². The van der Waals surface area contributed by atoms with E-state index in [1.807, 2.05) is 54.6 Å². The third-order valence-corrected chi connectivity index (χ3v) is 4.23. The number of rotatable bonds is 5. The van der Waals surface area contributed by atoms with Crippen LogP contribution < -0.4 is 15.4 Å². The van der Waals surface area contributed by atoms with Crippen LogP contribution in [0.15, 0.2) is 54.6 Å². The van der Waals surface area contributed by atoms with E-state index < -0.39 is 0 Å². The highest BCUT2D eigenvalue weighted by Crippen LogP contribution is 2.27. The summed E-state index contributed by atoms with van der Waals surface area (Å²) in [5.41, 5.74) is 7.62. The van der Waals surface area contributed by atoms with Crippen LogP contribution in [0, 0.1) is 5.41 Å². The van der Waals surface area contributed by atoms with Crippen LogP contribution >= 0.6 is 11.5 Å². The van der Waals surface area contributed by atoms with E-state index in [1.54, 1.807) is 12.0 Å². The van der Waals surface area contributed by atoms with Crippen molar-refractivity contribution < 1.29 is 4.74 Å². The summed E-state index contributed by atoms with van der Waals surface area (Å²) < 4.78 is 9.75. The zero-order chi connectivity index (χ0) is 16.9. The Morgan fingerprint density at radius 1 is 1.17 bits per heavy atom. The number of nitrogens with zero attached hydrogens (tertiary/aromatic N) is 3. The lowest BCUT2D eigenvalue weighted by Crippen LogP contribution is -2.36. The van der Waals surface area contributed by atoms with Gasteiger partial charge in [0.15, 0.2) is 11.8 Å². The number of benzene rings is 2. The first-order valence-corrected chi connectivity index (χ1v) is 8.09. The topological polar surface area (TPSA) is 88.1 Å². The van der Waals surface area contributed by atoms with E-state index in [0.29, 0.717) is 17.5 Å². The average Bonchev–Trinajstić information content (AvgIpc) is 3.10. The minimum absolute atomic E-state index is 0.0864. The summed E-state index contributed by atoms with van der Waals surface area (Å²) >= 11 is 1.22. The van der Waals surface area contributed by atoms with Crippen LogP contribution in [0.1, 0.15) is 5.56 Å².